The molecule has 4 N–H and O–H groups in total. The number of ether oxygens (including phenoxy) is 6. The topological polar surface area (TPSA) is 322 Å². The summed E-state index contributed by atoms with van der Waals surface area (Å²) in [5, 5.41) is 14.4. The van der Waals surface area contributed by atoms with E-state index in [2.05, 4.69) is 30.5 Å². The van der Waals surface area contributed by atoms with E-state index >= 15 is 0 Å². The first kappa shape index (κ1) is 72.4. The van der Waals surface area contributed by atoms with Gasteiger partial charge in [0.1, 0.15) is 23.0 Å². The second-order valence-electron chi connectivity index (χ2n) is 20.6. The number of aryl methyl sites for hydroxylation is 2. The number of carbonyl (C=O) groups is 3. The lowest BCUT2D eigenvalue weighted by Crippen LogP contribution is -2.37. The number of pyridine rings is 2. The van der Waals surface area contributed by atoms with Gasteiger partial charge in [-0.3, -0.25) is 19.0 Å². The van der Waals surface area contributed by atoms with E-state index in [9.17, 15) is 44.8 Å². The van der Waals surface area contributed by atoms with Crippen molar-refractivity contribution in [2.45, 2.75) is 89.5 Å². The maximum atomic E-state index is 14.8. The van der Waals surface area contributed by atoms with Crippen molar-refractivity contribution in [1.29, 1.82) is 0 Å². The predicted octanol–water partition coefficient (Wildman–Crippen LogP) is 7.35. The third kappa shape index (κ3) is 21.1. The van der Waals surface area contributed by atoms with Crippen molar-refractivity contribution < 1.29 is 73.2 Å². The first-order chi connectivity index (χ1) is 41.5. The van der Waals surface area contributed by atoms with Gasteiger partial charge in [0.15, 0.2) is 10.1 Å². The van der Waals surface area contributed by atoms with Gasteiger partial charge >= 0.3 is 6.03 Å². The fourth-order valence-corrected chi connectivity index (χ4v) is 9.70. The first-order valence-electron chi connectivity index (χ1n) is 27.5. The minimum absolute atomic E-state index is 0.0157. The lowest BCUT2D eigenvalue weighted by molar-refractivity contribution is 0.0612. The van der Waals surface area contributed by atoms with Gasteiger partial charge < -0.3 is 43.5 Å². The Labute approximate surface area is 511 Å². The number of rotatable bonds is 27. The summed E-state index contributed by atoms with van der Waals surface area (Å²) < 4.78 is 113. The molecular formula is C58H78F2N12O14S2. The van der Waals surface area contributed by atoms with Gasteiger partial charge in [-0.25, -0.2) is 46.6 Å². The van der Waals surface area contributed by atoms with Crippen LogP contribution in [0.5, 0.6) is 11.8 Å². The number of urea groups is 1. The standard InChI is InChI=1S/C29H39FN6O7S.C18H19FN2O2.C11H20N4O5S/c1-18(2)22-15-21(30)16-23(20-8-9-31-25(14-20)43-19(3)4)27(22)32-29(38)34-44(39,40)26-17-24(35(5)33-26)28(37)36(10-12-41-6)11-13-42-7;1-11(2)15-8-14(19)9-16(18(15)21-10-22)13-5-6-20-17(7-13)23-12(3)4;1-14-9(8-10(13-14)21(12,17)18)11(16)15(4-6-19-2)5-7-20-3/h8-9,14-19H,10-13H2,1-7H3,(H2,32,34,38);5-9,11-12H,1-4H3;8H,4-7H2,1-3H3,(H2,12,17,18). The molecule has 0 aliphatic carbocycles. The maximum absolute atomic E-state index is 14.8. The highest BCUT2D eigenvalue weighted by atomic mass is 32.2. The van der Waals surface area contributed by atoms with Crippen LogP contribution < -0.4 is 24.7 Å². The molecule has 0 bridgehead atoms. The van der Waals surface area contributed by atoms with E-state index in [1.165, 1.54) is 87.5 Å². The number of primary sulfonamides is 1. The predicted molar refractivity (Wildman–Crippen MR) is 323 cm³/mol. The van der Waals surface area contributed by atoms with E-state index in [0.29, 0.717) is 77.1 Å². The average Bonchev–Trinajstić information content (AvgIpc) is 2.52. The Morgan fingerprint density at radius 2 is 1.03 bits per heavy atom. The number of methoxy groups -OCH3 is 4. The lowest BCUT2D eigenvalue weighted by Gasteiger charge is -2.21. The molecule has 0 saturated heterocycles. The summed E-state index contributed by atoms with van der Waals surface area (Å²) in [7, 11) is 0.475. The van der Waals surface area contributed by atoms with Gasteiger partial charge in [-0.2, -0.15) is 23.6 Å². The average molecular weight is 1270 g/mol. The molecule has 2 aromatic carbocycles. The number of nitrogens with one attached hydrogen (secondary N) is 2. The van der Waals surface area contributed by atoms with Crippen LogP contribution in [0.4, 0.5) is 25.0 Å². The Bertz CT molecular complexity index is 3600. The summed E-state index contributed by atoms with van der Waals surface area (Å²) in [4.78, 5) is 64.6. The molecule has 0 spiro atoms. The zero-order valence-electron chi connectivity index (χ0n) is 51.8. The zero-order chi connectivity index (χ0) is 65.6. The monoisotopic (exact) mass is 1270 g/mol. The second-order valence-corrected chi connectivity index (χ2v) is 23.7. The van der Waals surface area contributed by atoms with E-state index in [0.717, 1.165) is 16.8 Å². The van der Waals surface area contributed by atoms with Crippen LogP contribution in [0.1, 0.15) is 99.3 Å². The SMILES string of the molecule is CC(C)Oc1cc(-c2cc(F)cc(C(C)C)c2N=C=O)ccn1.COCCN(CCOC)C(=O)c1cc(S(=O)(=O)NC(=O)Nc2c(-c3ccnc(OC(C)C)c3)cc(F)cc2C(C)C)nn1C.COCCN(CCOC)C(=O)c1cc(S(N)(=O)=O)nn1C. The molecule has 4 heterocycles. The zero-order valence-corrected chi connectivity index (χ0v) is 53.4. The fraction of sp³-hybridized carbons (Fsp3) is 0.448. The van der Waals surface area contributed by atoms with Crippen LogP contribution in [0.3, 0.4) is 0 Å². The first-order valence-corrected chi connectivity index (χ1v) is 30.5. The van der Waals surface area contributed by atoms with Gasteiger partial charge in [0.2, 0.25) is 17.8 Å². The van der Waals surface area contributed by atoms with Crippen LogP contribution in [0.15, 0.2) is 88.1 Å². The van der Waals surface area contributed by atoms with Crippen molar-refractivity contribution in [3.05, 3.63) is 107 Å². The van der Waals surface area contributed by atoms with E-state index in [1.807, 2.05) is 60.1 Å². The highest BCUT2D eigenvalue weighted by molar-refractivity contribution is 7.90. The molecule has 4 aromatic heterocycles. The molecule has 0 unspecified atom stereocenters. The Balaban J connectivity index is 0.000000315. The lowest BCUT2D eigenvalue weighted by atomic mass is 9.94. The number of anilines is 1. The van der Waals surface area contributed by atoms with Crippen LogP contribution in [0.2, 0.25) is 0 Å². The summed E-state index contributed by atoms with van der Waals surface area (Å²) in [6.45, 7) is 17.4. The number of halogens is 2. The molecule has 0 saturated carbocycles. The largest absolute Gasteiger partial charge is 0.475 e. The Kier molecular flexibility index (Phi) is 27.9. The smallest absolute Gasteiger partial charge is 0.333 e. The maximum Gasteiger partial charge on any atom is 0.333 e. The third-order valence-corrected chi connectivity index (χ3v) is 14.5. The van der Waals surface area contributed by atoms with Crippen molar-refractivity contribution in [2.75, 3.05) is 86.4 Å². The van der Waals surface area contributed by atoms with Gasteiger partial charge in [-0.15, -0.1) is 0 Å². The highest BCUT2D eigenvalue weighted by Gasteiger charge is 2.29. The van der Waals surface area contributed by atoms with Crippen LogP contribution in [0.25, 0.3) is 22.3 Å². The molecule has 0 aliphatic heterocycles. The molecule has 6 aromatic rings. The van der Waals surface area contributed by atoms with E-state index in [1.54, 1.807) is 36.5 Å². The molecule has 4 amide bonds. The number of carbonyl (C=O) groups excluding carboxylic acids is 4. The quantitative estimate of drug-likeness (QED) is 0.0335. The number of isocyanates is 1. The van der Waals surface area contributed by atoms with Gasteiger partial charge in [-0.05, 0) is 98.2 Å². The molecule has 26 nitrogen and oxygen atoms in total. The van der Waals surface area contributed by atoms with Gasteiger partial charge in [0.25, 0.3) is 31.9 Å². The number of hydrogen-bond acceptors (Lipinski definition) is 19. The molecular weight excluding hydrogens is 1190 g/mol. The van der Waals surface area contributed by atoms with Crippen LogP contribution in [-0.4, -0.2) is 173 Å². The van der Waals surface area contributed by atoms with E-state index < -0.39 is 42.8 Å². The minimum atomic E-state index is -4.53. The van der Waals surface area contributed by atoms with E-state index in [4.69, 9.17) is 33.6 Å². The van der Waals surface area contributed by atoms with Crippen molar-refractivity contribution in [3.63, 3.8) is 0 Å². The molecule has 0 aliphatic rings. The number of aliphatic imine (C=N–C) groups is 1. The van der Waals surface area contributed by atoms with Crippen molar-refractivity contribution in [2.24, 2.45) is 24.2 Å². The van der Waals surface area contributed by atoms with Crippen LogP contribution in [0, 0.1) is 11.6 Å². The van der Waals surface area contributed by atoms with Crippen LogP contribution in [-0.2, 0) is 57.9 Å². The fourth-order valence-electron chi connectivity index (χ4n) is 8.29. The summed E-state index contributed by atoms with van der Waals surface area (Å²) in [5.41, 5.74) is 3.85. The van der Waals surface area contributed by atoms with Crippen molar-refractivity contribution in [3.8, 4) is 34.0 Å². The number of benzene rings is 2. The third-order valence-electron chi connectivity index (χ3n) is 12.5. The molecule has 480 valence electrons. The molecule has 6 rings (SSSR count). The van der Waals surface area contributed by atoms with Crippen LogP contribution >= 0.6 is 0 Å². The summed E-state index contributed by atoms with van der Waals surface area (Å²) in [6, 6.07) is 13.1. The minimum Gasteiger partial charge on any atom is -0.475 e. The second kappa shape index (κ2) is 33.9. The molecule has 88 heavy (non-hydrogen) atoms. The number of nitrogens with zero attached hydrogens (tertiary/aromatic N) is 9. The van der Waals surface area contributed by atoms with Crippen molar-refractivity contribution in [1.82, 2.24) is 44.1 Å². The highest BCUT2D eigenvalue weighted by Crippen LogP contribution is 2.39. The Morgan fingerprint density at radius 1 is 0.625 bits per heavy atom. The van der Waals surface area contributed by atoms with Gasteiger partial charge in [-0.1, -0.05) is 27.7 Å². The molecule has 30 heteroatoms. The normalized spacial score (nSPS) is 11.4. The number of hydrogen-bond donors (Lipinski definition) is 3. The van der Waals surface area contributed by atoms with E-state index in [-0.39, 0.29) is 84.2 Å². The van der Waals surface area contributed by atoms with Gasteiger partial charge in [0, 0.05) is 116 Å². The summed E-state index contributed by atoms with van der Waals surface area (Å²) >= 11 is 0. The van der Waals surface area contributed by atoms with Gasteiger partial charge in [0.05, 0.1) is 50.0 Å². The number of nitrogens with two attached hydrogens (primary N) is 1. The molecule has 0 atom stereocenters. The molecule has 0 radical (unpaired) electrons. The number of amides is 4. The molecule has 0 fully saturated rings. The summed E-state index contributed by atoms with van der Waals surface area (Å²) in [5.74, 6) is -1.26. The number of sulfonamides is 2. The van der Waals surface area contributed by atoms with Crippen molar-refractivity contribution >= 4 is 55.3 Å². The Morgan fingerprint density at radius 3 is 1.43 bits per heavy atom. The Hall–Kier alpha value is -8.09. The summed E-state index contributed by atoms with van der Waals surface area (Å²) in [6.07, 6.45) is 4.45. The number of aromatic nitrogens is 6.